The molecule has 0 spiro atoms. The molecule has 1 saturated heterocycles. The van der Waals surface area contributed by atoms with Crippen molar-refractivity contribution in [2.45, 2.75) is 19.4 Å². The third-order valence-corrected chi connectivity index (χ3v) is 6.81. The van der Waals surface area contributed by atoms with Crippen LogP contribution >= 0.6 is 0 Å². The van der Waals surface area contributed by atoms with Crippen LogP contribution in [-0.2, 0) is 0 Å². The lowest BCUT2D eigenvalue weighted by molar-refractivity contribution is 0.0622. The number of pyridine rings is 2. The minimum Gasteiger partial charge on any atom is -0.486 e. The van der Waals surface area contributed by atoms with E-state index in [1.54, 1.807) is 0 Å². The van der Waals surface area contributed by atoms with E-state index in [0.717, 1.165) is 84.0 Å². The van der Waals surface area contributed by atoms with E-state index in [-0.39, 0.29) is 6.10 Å². The summed E-state index contributed by atoms with van der Waals surface area (Å²) in [6, 6.07) is 20.0. The van der Waals surface area contributed by atoms with E-state index in [2.05, 4.69) is 39.1 Å². The smallest absolute Gasteiger partial charge is 0.171 e. The molecule has 35 heavy (non-hydrogen) atoms. The van der Waals surface area contributed by atoms with E-state index in [0.29, 0.717) is 12.2 Å². The third-order valence-electron chi connectivity index (χ3n) is 6.81. The van der Waals surface area contributed by atoms with Crippen LogP contribution in [0.5, 0.6) is 11.5 Å². The van der Waals surface area contributed by atoms with Crippen LogP contribution in [0.1, 0.15) is 17.7 Å². The zero-order valence-corrected chi connectivity index (χ0v) is 19.8. The van der Waals surface area contributed by atoms with Crippen LogP contribution in [0.2, 0.25) is 0 Å². The number of fused-ring (bicyclic) bond motifs is 4. The van der Waals surface area contributed by atoms with Crippen molar-refractivity contribution in [2.24, 2.45) is 0 Å². The number of hydrogen-bond donors (Lipinski definition) is 0. The number of hydrogen-bond acceptors (Lipinski definition) is 7. The Hall–Kier alpha value is -3.89. The minimum absolute atomic E-state index is 0.0194. The van der Waals surface area contributed by atoms with Gasteiger partial charge < -0.3 is 14.4 Å². The van der Waals surface area contributed by atoms with Gasteiger partial charge in [-0.2, -0.15) is 5.26 Å². The SMILES string of the molecule is Cc1ccc2c3c(ccc2n1)OCC(CN1CCCN(c2ccc4cc(C#N)ccc4n2)CC1)O3. The van der Waals surface area contributed by atoms with Crippen molar-refractivity contribution in [3.8, 4) is 17.6 Å². The zero-order valence-electron chi connectivity index (χ0n) is 19.8. The molecule has 7 nitrogen and oxygen atoms in total. The molecule has 1 unspecified atom stereocenters. The normalized spacial score (nSPS) is 18.4. The van der Waals surface area contributed by atoms with Crippen molar-refractivity contribution in [3.63, 3.8) is 0 Å². The predicted molar refractivity (Wildman–Crippen MR) is 136 cm³/mol. The molecule has 176 valence electrons. The van der Waals surface area contributed by atoms with Crippen molar-refractivity contribution in [3.05, 3.63) is 65.9 Å². The molecule has 7 heteroatoms. The Morgan fingerprint density at radius 3 is 2.80 bits per heavy atom. The lowest BCUT2D eigenvalue weighted by Gasteiger charge is -2.31. The lowest BCUT2D eigenvalue weighted by atomic mass is 10.1. The summed E-state index contributed by atoms with van der Waals surface area (Å²) in [6.45, 7) is 7.20. The molecule has 1 fully saturated rings. The number of ether oxygens (including phenoxy) is 2. The summed E-state index contributed by atoms with van der Waals surface area (Å²) in [5, 5.41) is 11.1. The maximum Gasteiger partial charge on any atom is 0.171 e. The van der Waals surface area contributed by atoms with E-state index in [9.17, 15) is 0 Å². The van der Waals surface area contributed by atoms with Gasteiger partial charge in [-0.1, -0.05) is 0 Å². The molecule has 0 N–H and O–H groups in total. The molecule has 0 radical (unpaired) electrons. The summed E-state index contributed by atoms with van der Waals surface area (Å²) in [6.07, 6.45) is 1.04. The summed E-state index contributed by atoms with van der Waals surface area (Å²) in [7, 11) is 0. The number of aromatic nitrogens is 2. The van der Waals surface area contributed by atoms with E-state index in [1.165, 1.54) is 0 Å². The largest absolute Gasteiger partial charge is 0.486 e. The molecule has 4 heterocycles. The summed E-state index contributed by atoms with van der Waals surface area (Å²) in [4.78, 5) is 14.3. The van der Waals surface area contributed by atoms with Gasteiger partial charge in [-0.15, -0.1) is 0 Å². The Kier molecular flexibility index (Phi) is 5.59. The number of nitriles is 1. The third kappa shape index (κ3) is 4.33. The monoisotopic (exact) mass is 465 g/mol. The Bertz CT molecular complexity index is 1450. The maximum absolute atomic E-state index is 9.13. The van der Waals surface area contributed by atoms with Gasteiger partial charge in [0.25, 0.3) is 0 Å². The topological polar surface area (TPSA) is 74.5 Å². The average Bonchev–Trinajstić information content (AvgIpc) is 3.13. The maximum atomic E-state index is 9.13. The van der Waals surface area contributed by atoms with Gasteiger partial charge in [-0.3, -0.25) is 9.88 Å². The summed E-state index contributed by atoms with van der Waals surface area (Å²) in [5.41, 5.74) is 3.51. The van der Waals surface area contributed by atoms with Crippen LogP contribution in [0, 0.1) is 18.3 Å². The molecule has 6 rings (SSSR count). The molecule has 0 aliphatic carbocycles. The lowest BCUT2D eigenvalue weighted by Crippen LogP contribution is -2.42. The molecule has 2 aromatic heterocycles. The fraction of sp³-hybridized carbons (Fsp3) is 0.321. The highest BCUT2D eigenvalue weighted by atomic mass is 16.6. The Labute approximate surface area is 204 Å². The van der Waals surface area contributed by atoms with Crippen LogP contribution in [0.25, 0.3) is 21.8 Å². The average molecular weight is 466 g/mol. The number of nitrogens with zero attached hydrogens (tertiary/aromatic N) is 5. The van der Waals surface area contributed by atoms with Gasteiger partial charge in [0, 0.05) is 49.2 Å². The molecule has 2 aliphatic heterocycles. The molecule has 2 aromatic carbocycles. The number of rotatable bonds is 3. The quantitative estimate of drug-likeness (QED) is 0.446. The first kappa shape index (κ1) is 21.6. The molecule has 2 aliphatic rings. The van der Waals surface area contributed by atoms with E-state index < -0.39 is 0 Å². The second-order valence-electron chi connectivity index (χ2n) is 9.29. The number of aryl methyl sites for hydroxylation is 1. The summed E-state index contributed by atoms with van der Waals surface area (Å²) < 4.78 is 12.5. The van der Waals surface area contributed by atoms with Gasteiger partial charge in [0.05, 0.1) is 22.7 Å². The fourth-order valence-electron chi connectivity index (χ4n) is 5.00. The van der Waals surface area contributed by atoms with Gasteiger partial charge in [-0.25, -0.2) is 4.98 Å². The number of anilines is 1. The predicted octanol–water partition coefficient (Wildman–Crippen LogP) is 4.32. The second kappa shape index (κ2) is 9.05. The van der Waals surface area contributed by atoms with Crippen molar-refractivity contribution < 1.29 is 9.47 Å². The van der Waals surface area contributed by atoms with Crippen LogP contribution in [0.4, 0.5) is 5.82 Å². The zero-order chi connectivity index (χ0) is 23.8. The van der Waals surface area contributed by atoms with Crippen LogP contribution in [0.3, 0.4) is 0 Å². The molecular weight excluding hydrogens is 438 g/mol. The highest BCUT2D eigenvalue weighted by Crippen LogP contribution is 2.38. The standard InChI is InChI=1S/C28H27N5O2/c1-19-3-6-23-25(30-19)8-9-26-28(23)35-22(18-34-26)17-32-11-2-12-33(14-13-32)27-10-5-21-15-20(16-29)4-7-24(21)31-27/h3-10,15,22H,2,11-14,17-18H2,1H3. The van der Waals surface area contributed by atoms with Gasteiger partial charge >= 0.3 is 0 Å². The molecule has 1 atom stereocenters. The van der Waals surface area contributed by atoms with E-state index >= 15 is 0 Å². The van der Waals surface area contributed by atoms with Gasteiger partial charge in [0.2, 0.25) is 0 Å². The highest BCUT2D eigenvalue weighted by molar-refractivity contribution is 5.88. The van der Waals surface area contributed by atoms with E-state index in [1.807, 2.05) is 43.3 Å². The van der Waals surface area contributed by atoms with Crippen molar-refractivity contribution in [1.82, 2.24) is 14.9 Å². The molecule has 4 aromatic rings. The Morgan fingerprint density at radius 2 is 1.89 bits per heavy atom. The van der Waals surface area contributed by atoms with Gasteiger partial charge in [0.1, 0.15) is 18.5 Å². The first-order valence-electron chi connectivity index (χ1n) is 12.1. The molecular formula is C28H27N5O2. The summed E-state index contributed by atoms with van der Waals surface area (Å²) in [5.74, 6) is 2.60. The van der Waals surface area contributed by atoms with Crippen LogP contribution in [-0.4, -0.2) is 60.3 Å². The van der Waals surface area contributed by atoms with Crippen molar-refractivity contribution >= 4 is 27.6 Å². The van der Waals surface area contributed by atoms with Gasteiger partial charge in [0.15, 0.2) is 11.5 Å². The minimum atomic E-state index is -0.0194. The first-order chi connectivity index (χ1) is 17.2. The fourth-order valence-corrected chi connectivity index (χ4v) is 5.00. The molecule has 0 amide bonds. The first-order valence-corrected chi connectivity index (χ1v) is 12.1. The Morgan fingerprint density at radius 1 is 0.971 bits per heavy atom. The van der Waals surface area contributed by atoms with Crippen molar-refractivity contribution in [2.75, 3.05) is 44.2 Å². The second-order valence-corrected chi connectivity index (χ2v) is 9.29. The van der Waals surface area contributed by atoms with E-state index in [4.69, 9.17) is 19.7 Å². The van der Waals surface area contributed by atoms with Crippen molar-refractivity contribution in [1.29, 1.82) is 5.26 Å². The molecule has 0 bridgehead atoms. The number of benzene rings is 2. The molecule has 0 saturated carbocycles. The summed E-state index contributed by atoms with van der Waals surface area (Å²) >= 11 is 0. The Balaban J connectivity index is 1.13. The van der Waals surface area contributed by atoms with Gasteiger partial charge in [-0.05, 0) is 67.9 Å². The highest BCUT2D eigenvalue weighted by Gasteiger charge is 2.26. The van der Waals surface area contributed by atoms with Crippen LogP contribution < -0.4 is 14.4 Å². The van der Waals surface area contributed by atoms with Crippen LogP contribution in [0.15, 0.2) is 54.6 Å².